The highest BCUT2D eigenvalue weighted by atomic mass is 16.5. The van der Waals surface area contributed by atoms with Gasteiger partial charge >= 0.3 is 0 Å². The number of nitrogens with zero attached hydrogens (tertiary/aromatic N) is 1. The second kappa shape index (κ2) is 6.77. The van der Waals surface area contributed by atoms with Crippen LogP contribution in [0.3, 0.4) is 0 Å². The van der Waals surface area contributed by atoms with Gasteiger partial charge in [-0.3, -0.25) is 4.90 Å². The van der Waals surface area contributed by atoms with Crippen LogP contribution in [0.1, 0.15) is 36.6 Å². The lowest BCUT2D eigenvalue weighted by Crippen LogP contribution is -2.46. The maximum absolute atomic E-state index is 10.6. The summed E-state index contributed by atoms with van der Waals surface area (Å²) in [6.45, 7) is 10.6. The minimum absolute atomic E-state index is 0.221. The molecule has 4 heteroatoms. The van der Waals surface area contributed by atoms with Crippen molar-refractivity contribution in [3.63, 3.8) is 0 Å². The number of rotatable bonds is 4. The largest absolute Gasteiger partial charge is 0.497 e. The molecule has 1 aromatic carbocycles. The summed E-state index contributed by atoms with van der Waals surface area (Å²) in [4.78, 5) is 2.28. The fourth-order valence-electron chi connectivity index (χ4n) is 3.35. The Kier molecular flexibility index (Phi) is 5.25. The van der Waals surface area contributed by atoms with E-state index in [0.717, 1.165) is 35.5 Å². The molecule has 1 saturated heterocycles. The van der Waals surface area contributed by atoms with Gasteiger partial charge in [-0.05, 0) is 56.5 Å². The van der Waals surface area contributed by atoms with Gasteiger partial charge in [-0.25, -0.2) is 0 Å². The van der Waals surface area contributed by atoms with E-state index >= 15 is 0 Å². The zero-order valence-electron chi connectivity index (χ0n) is 13.7. The van der Waals surface area contributed by atoms with Crippen LogP contribution < -0.4 is 4.74 Å². The van der Waals surface area contributed by atoms with Crippen LogP contribution >= 0.6 is 0 Å². The molecule has 1 N–H and O–H groups in total. The fraction of sp³-hybridized carbons (Fsp3) is 0.647. The molecule has 0 amide bonds. The third-order valence-electron chi connectivity index (χ3n) is 4.06. The van der Waals surface area contributed by atoms with E-state index in [4.69, 9.17) is 9.47 Å². The van der Waals surface area contributed by atoms with Crippen LogP contribution in [-0.4, -0.2) is 49.0 Å². The molecule has 118 valence electrons. The van der Waals surface area contributed by atoms with Crippen LogP contribution in [0.15, 0.2) is 12.1 Å². The summed E-state index contributed by atoms with van der Waals surface area (Å²) in [6.07, 6.45) is -0.0357. The average molecular weight is 293 g/mol. The van der Waals surface area contributed by atoms with Crippen LogP contribution in [0, 0.1) is 13.8 Å². The van der Waals surface area contributed by atoms with E-state index in [1.807, 2.05) is 26.0 Å². The zero-order valence-corrected chi connectivity index (χ0v) is 13.7. The smallest absolute Gasteiger partial charge is 0.119 e. The fourth-order valence-corrected chi connectivity index (χ4v) is 3.35. The summed E-state index contributed by atoms with van der Waals surface area (Å²) in [6, 6.07) is 3.96. The van der Waals surface area contributed by atoms with Crippen molar-refractivity contribution in [2.45, 2.75) is 46.0 Å². The molecule has 0 aliphatic carbocycles. The van der Waals surface area contributed by atoms with Crippen molar-refractivity contribution in [1.82, 2.24) is 4.90 Å². The standard InChI is InChI=1S/C17H27NO3/c1-11-6-15(20-5)7-12(2)17(11)16(19)10-18-8-13(3)21-14(4)9-18/h6-7,13-14,16,19H,8-10H2,1-5H3. The average Bonchev–Trinajstić information content (AvgIpc) is 2.36. The van der Waals surface area contributed by atoms with E-state index in [-0.39, 0.29) is 12.2 Å². The van der Waals surface area contributed by atoms with Crippen molar-refractivity contribution in [1.29, 1.82) is 0 Å². The molecular weight excluding hydrogens is 266 g/mol. The van der Waals surface area contributed by atoms with Gasteiger partial charge in [0, 0.05) is 19.6 Å². The number of aliphatic hydroxyl groups is 1. The van der Waals surface area contributed by atoms with Crippen molar-refractivity contribution in [2.24, 2.45) is 0 Å². The van der Waals surface area contributed by atoms with E-state index in [2.05, 4.69) is 18.7 Å². The molecule has 3 atom stereocenters. The van der Waals surface area contributed by atoms with Gasteiger partial charge in [0.25, 0.3) is 0 Å². The Labute approximate surface area is 127 Å². The first-order valence-electron chi connectivity index (χ1n) is 7.61. The Balaban J connectivity index is 2.11. The topological polar surface area (TPSA) is 41.9 Å². The lowest BCUT2D eigenvalue weighted by Gasteiger charge is -2.36. The van der Waals surface area contributed by atoms with Crippen molar-refractivity contribution in [3.05, 3.63) is 28.8 Å². The Hall–Kier alpha value is -1.10. The third-order valence-corrected chi connectivity index (χ3v) is 4.06. The second-order valence-electron chi connectivity index (χ2n) is 6.17. The maximum Gasteiger partial charge on any atom is 0.119 e. The summed E-state index contributed by atoms with van der Waals surface area (Å²) in [5, 5.41) is 10.6. The van der Waals surface area contributed by atoms with E-state index in [0.29, 0.717) is 6.54 Å². The highest BCUT2D eigenvalue weighted by Crippen LogP contribution is 2.28. The molecule has 4 nitrogen and oxygen atoms in total. The molecule has 0 bridgehead atoms. The summed E-state index contributed by atoms with van der Waals surface area (Å²) in [5.41, 5.74) is 3.17. The maximum atomic E-state index is 10.6. The molecule has 1 aliphatic rings. The Morgan fingerprint density at radius 3 is 2.24 bits per heavy atom. The highest BCUT2D eigenvalue weighted by molar-refractivity contribution is 5.42. The Bertz CT molecular complexity index is 456. The first kappa shape index (κ1) is 16.3. The van der Waals surface area contributed by atoms with Gasteiger partial charge in [-0.1, -0.05) is 0 Å². The number of aryl methyl sites for hydroxylation is 2. The van der Waals surface area contributed by atoms with Crippen molar-refractivity contribution in [2.75, 3.05) is 26.7 Å². The lowest BCUT2D eigenvalue weighted by molar-refractivity contribution is -0.0767. The van der Waals surface area contributed by atoms with E-state index in [9.17, 15) is 5.11 Å². The molecule has 1 fully saturated rings. The van der Waals surface area contributed by atoms with Gasteiger partial charge in [-0.2, -0.15) is 0 Å². The quantitative estimate of drug-likeness (QED) is 0.926. The molecule has 0 spiro atoms. The number of aliphatic hydroxyl groups excluding tert-OH is 1. The zero-order chi connectivity index (χ0) is 15.6. The summed E-state index contributed by atoms with van der Waals surface area (Å²) < 4.78 is 11.0. The van der Waals surface area contributed by atoms with Crippen molar-refractivity contribution in [3.8, 4) is 5.75 Å². The predicted molar refractivity (Wildman–Crippen MR) is 83.9 cm³/mol. The molecule has 1 heterocycles. The van der Waals surface area contributed by atoms with Crippen LogP contribution in [0.2, 0.25) is 0 Å². The predicted octanol–water partition coefficient (Wildman–Crippen LogP) is 2.45. The summed E-state index contributed by atoms with van der Waals surface area (Å²) in [5.74, 6) is 0.842. The number of hydrogen-bond donors (Lipinski definition) is 1. The van der Waals surface area contributed by atoms with Crippen LogP contribution in [0.5, 0.6) is 5.75 Å². The van der Waals surface area contributed by atoms with Gasteiger partial charge in [0.1, 0.15) is 5.75 Å². The van der Waals surface area contributed by atoms with Crippen LogP contribution in [-0.2, 0) is 4.74 Å². The number of hydrogen-bond acceptors (Lipinski definition) is 4. The van der Waals surface area contributed by atoms with E-state index in [1.165, 1.54) is 0 Å². The molecule has 2 rings (SSSR count). The monoisotopic (exact) mass is 293 g/mol. The normalized spacial score (nSPS) is 24.9. The van der Waals surface area contributed by atoms with Gasteiger partial charge in [0.2, 0.25) is 0 Å². The molecule has 1 aromatic rings. The van der Waals surface area contributed by atoms with Crippen LogP contribution in [0.4, 0.5) is 0 Å². The van der Waals surface area contributed by atoms with Crippen molar-refractivity contribution < 1.29 is 14.6 Å². The van der Waals surface area contributed by atoms with Gasteiger partial charge in [0.15, 0.2) is 0 Å². The molecule has 0 radical (unpaired) electrons. The number of methoxy groups -OCH3 is 1. The molecule has 21 heavy (non-hydrogen) atoms. The number of benzene rings is 1. The molecule has 0 saturated carbocycles. The highest BCUT2D eigenvalue weighted by Gasteiger charge is 2.25. The van der Waals surface area contributed by atoms with Gasteiger partial charge in [0.05, 0.1) is 25.4 Å². The number of ether oxygens (including phenoxy) is 2. The number of morpholine rings is 1. The third kappa shape index (κ3) is 3.96. The lowest BCUT2D eigenvalue weighted by atomic mass is 9.97. The summed E-state index contributed by atoms with van der Waals surface area (Å²) >= 11 is 0. The molecule has 3 unspecified atom stereocenters. The van der Waals surface area contributed by atoms with Crippen molar-refractivity contribution >= 4 is 0 Å². The Morgan fingerprint density at radius 2 is 1.76 bits per heavy atom. The first-order valence-corrected chi connectivity index (χ1v) is 7.61. The number of β-amino-alcohol motifs (C(OH)–C–C–N with tert-alkyl or cyclic N) is 1. The first-order chi connectivity index (χ1) is 9.90. The minimum atomic E-state index is -0.478. The molecular formula is C17H27NO3. The SMILES string of the molecule is COc1cc(C)c(C(O)CN2CC(C)OC(C)C2)c(C)c1. The van der Waals surface area contributed by atoms with Gasteiger partial charge < -0.3 is 14.6 Å². The molecule has 1 aliphatic heterocycles. The molecule has 0 aromatic heterocycles. The minimum Gasteiger partial charge on any atom is -0.497 e. The van der Waals surface area contributed by atoms with Gasteiger partial charge in [-0.15, -0.1) is 0 Å². The Morgan fingerprint density at radius 1 is 1.24 bits per heavy atom. The van der Waals surface area contributed by atoms with Crippen LogP contribution in [0.25, 0.3) is 0 Å². The van der Waals surface area contributed by atoms with E-state index < -0.39 is 6.10 Å². The summed E-state index contributed by atoms with van der Waals surface area (Å²) in [7, 11) is 1.67. The van der Waals surface area contributed by atoms with E-state index in [1.54, 1.807) is 7.11 Å². The second-order valence-corrected chi connectivity index (χ2v) is 6.17.